The van der Waals surface area contributed by atoms with E-state index in [2.05, 4.69) is 17.6 Å². The highest BCUT2D eigenvalue weighted by molar-refractivity contribution is 5.85. The van der Waals surface area contributed by atoms with Gasteiger partial charge in [0.2, 0.25) is 5.91 Å². The predicted molar refractivity (Wildman–Crippen MR) is 58.1 cm³/mol. The second kappa shape index (κ2) is 4.30. The monoisotopic (exact) mass is 198 g/mol. The van der Waals surface area contributed by atoms with Gasteiger partial charge in [0.25, 0.3) is 0 Å². The molecule has 82 valence electrons. The summed E-state index contributed by atoms with van der Waals surface area (Å²) in [4.78, 5) is 11.8. The highest BCUT2D eigenvalue weighted by Gasteiger charge is 2.30. The lowest BCUT2D eigenvalue weighted by atomic mass is 10.0. The van der Waals surface area contributed by atoms with Gasteiger partial charge in [-0.2, -0.15) is 0 Å². The SMILES string of the molecule is CNC(C)(C)C(=O)NC1CCCC1C. The van der Waals surface area contributed by atoms with Crippen LogP contribution in [-0.4, -0.2) is 24.5 Å². The smallest absolute Gasteiger partial charge is 0.239 e. The van der Waals surface area contributed by atoms with E-state index >= 15 is 0 Å². The van der Waals surface area contributed by atoms with Gasteiger partial charge in [0.15, 0.2) is 0 Å². The van der Waals surface area contributed by atoms with Gasteiger partial charge in [-0.05, 0) is 39.7 Å². The number of amides is 1. The van der Waals surface area contributed by atoms with E-state index in [0.29, 0.717) is 12.0 Å². The lowest BCUT2D eigenvalue weighted by Crippen LogP contribution is -2.54. The average Bonchev–Trinajstić information content (AvgIpc) is 2.52. The van der Waals surface area contributed by atoms with Gasteiger partial charge >= 0.3 is 0 Å². The summed E-state index contributed by atoms with van der Waals surface area (Å²) in [5, 5.41) is 6.14. The molecule has 1 aliphatic rings. The molecule has 0 aromatic heterocycles. The van der Waals surface area contributed by atoms with E-state index in [-0.39, 0.29) is 5.91 Å². The van der Waals surface area contributed by atoms with Crippen LogP contribution in [0.25, 0.3) is 0 Å². The molecule has 1 amide bonds. The number of hydrogen-bond acceptors (Lipinski definition) is 2. The van der Waals surface area contributed by atoms with Crippen molar-refractivity contribution in [1.29, 1.82) is 0 Å². The Labute approximate surface area is 86.6 Å². The number of hydrogen-bond donors (Lipinski definition) is 2. The Kier molecular flexibility index (Phi) is 3.53. The van der Waals surface area contributed by atoms with Gasteiger partial charge in [-0.3, -0.25) is 4.79 Å². The third kappa shape index (κ3) is 2.47. The van der Waals surface area contributed by atoms with Crippen molar-refractivity contribution < 1.29 is 4.79 Å². The predicted octanol–water partition coefficient (Wildman–Crippen LogP) is 1.29. The third-order valence-corrected chi connectivity index (χ3v) is 3.37. The van der Waals surface area contributed by atoms with Crippen molar-refractivity contribution in [3.63, 3.8) is 0 Å². The normalized spacial score (nSPS) is 27.7. The third-order valence-electron chi connectivity index (χ3n) is 3.37. The molecule has 0 aromatic rings. The van der Waals surface area contributed by atoms with Gasteiger partial charge in [-0.1, -0.05) is 13.3 Å². The Hall–Kier alpha value is -0.570. The molecule has 2 unspecified atom stereocenters. The second-order valence-electron chi connectivity index (χ2n) is 4.86. The van der Waals surface area contributed by atoms with Crippen LogP contribution in [-0.2, 0) is 4.79 Å². The van der Waals surface area contributed by atoms with E-state index in [4.69, 9.17) is 0 Å². The van der Waals surface area contributed by atoms with Crippen LogP contribution in [0.5, 0.6) is 0 Å². The van der Waals surface area contributed by atoms with Crippen LogP contribution in [0.15, 0.2) is 0 Å². The molecule has 0 aliphatic heterocycles. The summed E-state index contributed by atoms with van der Waals surface area (Å²) in [7, 11) is 1.82. The fourth-order valence-electron chi connectivity index (χ4n) is 1.82. The first kappa shape index (κ1) is 11.5. The van der Waals surface area contributed by atoms with E-state index in [0.717, 1.165) is 6.42 Å². The van der Waals surface area contributed by atoms with E-state index in [1.165, 1.54) is 12.8 Å². The first-order valence-electron chi connectivity index (χ1n) is 5.47. The molecular weight excluding hydrogens is 176 g/mol. The van der Waals surface area contributed by atoms with Crippen molar-refractivity contribution in [2.45, 2.75) is 51.6 Å². The molecule has 0 saturated heterocycles. The van der Waals surface area contributed by atoms with Crippen molar-refractivity contribution in [3.8, 4) is 0 Å². The Morgan fingerprint density at radius 2 is 2.00 bits per heavy atom. The number of carbonyl (C=O) groups is 1. The van der Waals surface area contributed by atoms with Crippen LogP contribution >= 0.6 is 0 Å². The molecule has 3 nitrogen and oxygen atoms in total. The minimum absolute atomic E-state index is 0.110. The summed E-state index contributed by atoms with van der Waals surface area (Å²) < 4.78 is 0. The maximum Gasteiger partial charge on any atom is 0.239 e. The van der Waals surface area contributed by atoms with Crippen LogP contribution in [0, 0.1) is 5.92 Å². The fourth-order valence-corrected chi connectivity index (χ4v) is 1.82. The topological polar surface area (TPSA) is 41.1 Å². The molecule has 14 heavy (non-hydrogen) atoms. The second-order valence-corrected chi connectivity index (χ2v) is 4.86. The minimum Gasteiger partial charge on any atom is -0.352 e. The maximum absolute atomic E-state index is 11.8. The van der Waals surface area contributed by atoms with Gasteiger partial charge in [0.05, 0.1) is 5.54 Å². The molecule has 3 heteroatoms. The van der Waals surface area contributed by atoms with Crippen LogP contribution in [0.1, 0.15) is 40.0 Å². The number of nitrogens with one attached hydrogen (secondary N) is 2. The van der Waals surface area contributed by atoms with Crippen molar-refractivity contribution >= 4 is 5.91 Å². The Morgan fingerprint density at radius 3 is 2.43 bits per heavy atom. The van der Waals surface area contributed by atoms with Crippen molar-refractivity contribution in [2.24, 2.45) is 5.92 Å². The van der Waals surface area contributed by atoms with Crippen LogP contribution in [0.4, 0.5) is 0 Å². The average molecular weight is 198 g/mol. The van der Waals surface area contributed by atoms with E-state index in [1.54, 1.807) is 0 Å². The lowest BCUT2D eigenvalue weighted by molar-refractivity contribution is -0.127. The molecular formula is C11H22N2O. The summed E-state index contributed by atoms with van der Waals surface area (Å²) in [6, 6.07) is 0.384. The first-order valence-corrected chi connectivity index (χ1v) is 5.47. The van der Waals surface area contributed by atoms with Crippen LogP contribution in [0.3, 0.4) is 0 Å². The van der Waals surface area contributed by atoms with Crippen molar-refractivity contribution in [3.05, 3.63) is 0 Å². The summed E-state index contributed by atoms with van der Waals surface area (Å²) in [5.41, 5.74) is -0.456. The van der Waals surface area contributed by atoms with E-state index in [1.807, 2.05) is 20.9 Å². The molecule has 0 heterocycles. The summed E-state index contributed by atoms with van der Waals surface area (Å²) >= 11 is 0. The molecule has 1 rings (SSSR count). The molecule has 0 radical (unpaired) electrons. The van der Waals surface area contributed by atoms with E-state index < -0.39 is 5.54 Å². The van der Waals surface area contributed by atoms with Crippen LogP contribution < -0.4 is 10.6 Å². The largest absolute Gasteiger partial charge is 0.352 e. The highest BCUT2D eigenvalue weighted by Crippen LogP contribution is 2.25. The maximum atomic E-state index is 11.8. The highest BCUT2D eigenvalue weighted by atomic mass is 16.2. The number of rotatable bonds is 3. The number of likely N-dealkylation sites (N-methyl/N-ethyl adjacent to an activating group) is 1. The van der Waals surface area contributed by atoms with Gasteiger partial charge in [-0.15, -0.1) is 0 Å². The zero-order chi connectivity index (χ0) is 10.8. The molecule has 0 bridgehead atoms. The zero-order valence-electron chi connectivity index (χ0n) is 9.68. The van der Waals surface area contributed by atoms with Crippen LogP contribution in [0.2, 0.25) is 0 Å². The summed E-state index contributed by atoms with van der Waals surface area (Å²) in [6.45, 7) is 6.02. The summed E-state index contributed by atoms with van der Waals surface area (Å²) in [5.74, 6) is 0.741. The minimum atomic E-state index is -0.456. The van der Waals surface area contributed by atoms with Gasteiger partial charge in [-0.25, -0.2) is 0 Å². The number of carbonyl (C=O) groups excluding carboxylic acids is 1. The van der Waals surface area contributed by atoms with Gasteiger partial charge in [0.1, 0.15) is 0 Å². The molecule has 0 aromatic carbocycles. The lowest BCUT2D eigenvalue weighted by Gasteiger charge is -2.26. The van der Waals surface area contributed by atoms with Crippen molar-refractivity contribution in [2.75, 3.05) is 7.05 Å². The molecule has 2 atom stereocenters. The Morgan fingerprint density at radius 1 is 1.36 bits per heavy atom. The Balaban J connectivity index is 2.48. The standard InChI is InChI=1S/C11H22N2O/c1-8-6-5-7-9(8)13-10(14)11(2,3)12-4/h8-9,12H,5-7H2,1-4H3,(H,13,14). The summed E-state index contributed by atoms with van der Waals surface area (Å²) in [6.07, 6.45) is 3.61. The van der Waals surface area contributed by atoms with Crippen molar-refractivity contribution in [1.82, 2.24) is 10.6 Å². The quantitative estimate of drug-likeness (QED) is 0.717. The van der Waals surface area contributed by atoms with Gasteiger partial charge < -0.3 is 10.6 Å². The first-order chi connectivity index (χ1) is 6.47. The molecule has 0 spiro atoms. The fraction of sp³-hybridized carbons (Fsp3) is 0.909. The molecule has 1 saturated carbocycles. The van der Waals surface area contributed by atoms with Gasteiger partial charge in [0, 0.05) is 6.04 Å². The molecule has 1 fully saturated rings. The molecule has 2 N–H and O–H groups in total. The zero-order valence-corrected chi connectivity index (χ0v) is 9.68. The molecule has 1 aliphatic carbocycles. The van der Waals surface area contributed by atoms with E-state index in [9.17, 15) is 4.79 Å². The Bertz CT molecular complexity index is 213.